The molecule has 2 heteroatoms. The predicted octanol–water partition coefficient (Wildman–Crippen LogP) is 3.77. The number of aliphatic hydroxyl groups excluding tert-OH is 1. The third-order valence-corrected chi connectivity index (χ3v) is 7.15. The first-order valence-electron chi connectivity index (χ1n) is 8.25. The van der Waals surface area contributed by atoms with Gasteiger partial charge in [0.1, 0.15) is 0 Å². The minimum atomic E-state index is -0.215. The van der Waals surface area contributed by atoms with Crippen LogP contribution < -0.4 is 0 Å². The molecule has 5 atom stereocenters. The monoisotopic (exact) mass is 266 g/mol. The fraction of sp³-hybridized carbons (Fsp3) is 1.00. The highest BCUT2D eigenvalue weighted by molar-refractivity contribution is 5.09. The van der Waals surface area contributed by atoms with Crippen LogP contribution in [0.1, 0.15) is 65.7 Å². The Morgan fingerprint density at radius 3 is 2.42 bits per heavy atom. The zero-order chi connectivity index (χ0) is 13.7. The molecule has 0 spiro atoms. The van der Waals surface area contributed by atoms with Gasteiger partial charge in [-0.15, -0.1) is 0 Å². The van der Waals surface area contributed by atoms with Crippen LogP contribution in [0.4, 0.5) is 0 Å². The summed E-state index contributed by atoms with van der Waals surface area (Å²) in [5.74, 6) is 1.60. The lowest BCUT2D eigenvalue weighted by Crippen LogP contribution is -2.38. The second-order valence-corrected chi connectivity index (χ2v) is 8.03. The van der Waals surface area contributed by atoms with Gasteiger partial charge in [0.05, 0.1) is 18.8 Å². The van der Waals surface area contributed by atoms with Crippen LogP contribution in [0.15, 0.2) is 0 Å². The summed E-state index contributed by atoms with van der Waals surface area (Å²) < 4.78 is 6.14. The summed E-state index contributed by atoms with van der Waals surface area (Å²) in [4.78, 5) is 0. The first kappa shape index (κ1) is 13.9. The van der Waals surface area contributed by atoms with E-state index in [1.807, 2.05) is 0 Å². The predicted molar refractivity (Wildman–Crippen MR) is 76.9 cm³/mol. The molecule has 3 aliphatic carbocycles. The average Bonchev–Trinajstić information content (AvgIpc) is 2.70. The summed E-state index contributed by atoms with van der Waals surface area (Å²) >= 11 is 0. The Morgan fingerprint density at radius 2 is 1.84 bits per heavy atom. The van der Waals surface area contributed by atoms with E-state index in [0.29, 0.717) is 16.7 Å². The van der Waals surface area contributed by atoms with Crippen molar-refractivity contribution in [2.24, 2.45) is 22.7 Å². The van der Waals surface area contributed by atoms with Crippen LogP contribution >= 0.6 is 0 Å². The van der Waals surface area contributed by atoms with Crippen molar-refractivity contribution in [3.8, 4) is 0 Å². The summed E-state index contributed by atoms with van der Waals surface area (Å²) in [7, 11) is 0. The van der Waals surface area contributed by atoms with E-state index in [1.54, 1.807) is 0 Å². The van der Waals surface area contributed by atoms with Crippen molar-refractivity contribution < 1.29 is 9.84 Å². The standard InChI is InChI=1S/C17H30O2/c1-16(2)12-8-9-17(16,3)13(10-12)11-19-15-7-5-4-6-14(15)18/h12-15,18H,4-11H2,1-3H3/t12-,13+,14?,15?,17+/m1/s1. The normalized spacial score (nSPS) is 48.6. The molecule has 2 unspecified atom stereocenters. The van der Waals surface area contributed by atoms with Gasteiger partial charge in [0.25, 0.3) is 0 Å². The Kier molecular flexibility index (Phi) is 3.46. The molecule has 3 saturated carbocycles. The summed E-state index contributed by atoms with van der Waals surface area (Å²) in [5.41, 5.74) is 0.934. The van der Waals surface area contributed by atoms with E-state index in [9.17, 15) is 5.11 Å². The van der Waals surface area contributed by atoms with Gasteiger partial charge in [0, 0.05) is 0 Å². The van der Waals surface area contributed by atoms with E-state index in [1.165, 1.54) is 25.7 Å². The van der Waals surface area contributed by atoms with Crippen molar-refractivity contribution in [3.63, 3.8) is 0 Å². The van der Waals surface area contributed by atoms with E-state index in [-0.39, 0.29) is 12.2 Å². The van der Waals surface area contributed by atoms with Gasteiger partial charge in [-0.3, -0.25) is 0 Å². The Balaban J connectivity index is 1.60. The fourth-order valence-corrected chi connectivity index (χ4v) is 5.13. The second kappa shape index (κ2) is 4.73. The Labute approximate surface area is 117 Å². The molecule has 0 aromatic rings. The maximum absolute atomic E-state index is 10.0. The maximum atomic E-state index is 10.0. The molecule has 1 N–H and O–H groups in total. The molecular formula is C17H30O2. The van der Waals surface area contributed by atoms with E-state index in [2.05, 4.69) is 20.8 Å². The van der Waals surface area contributed by atoms with Crippen LogP contribution in [0.25, 0.3) is 0 Å². The van der Waals surface area contributed by atoms with Gasteiger partial charge in [-0.05, 0) is 54.8 Å². The lowest BCUT2D eigenvalue weighted by Gasteiger charge is -2.40. The van der Waals surface area contributed by atoms with Gasteiger partial charge in [0.2, 0.25) is 0 Å². The largest absolute Gasteiger partial charge is 0.390 e. The molecule has 0 heterocycles. The molecule has 110 valence electrons. The van der Waals surface area contributed by atoms with Gasteiger partial charge in [0.15, 0.2) is 0 Å². The maximum Gasteiger partial charge on any atom is 0.0834 e. The molecule has 0 aliphatic heterocycles. The molecule has 19 heavy (non-hydrogen) atoms. The molecule has 3 rings (SSSR count). The van der Waals surface area contributed by atoms with Crippen LogP contribution in [0.3, 0.4) is 0 Å². The number of hydrogen-bond acceptors (Lipinski definition) is 2. The minimum Gasteiger partial charge on any atom is -0.390 e. The summed E-state index contributed by atoms with van der Waals surface area (Å²) in [6.07, 6.45) is 8.38. The number of hydrogen-bond donors (Lipinski definition) is 1. The van der Waals surface area contributed by atoms with Crippen LogP contribution in [0, 0.1) is 22.7 Å². The molecule has 0 saturated heterocycles. The zero-order valence-corrected chi connectivity index (χ0v) is 12.8. The molecule has 0 aromatic heterocycles. The first-order chi connectivity index (χ1) is 8.95. The quantitative estimate of drug-likeness (QED) is 0.842. The van der Waals surface area contributed by atoms with Gasteiger partial charge in [-0.2, -0.15) is 0 Å². The minimum absolute atomic E-state index is 0.111. The third kappa shape index (κ3) is 2.06. The zero-order valence-electron chi connectivity index (χ0n) is 12.8. The van der Waals surface area contributed by atoms with Crippen molar-refractivity contribution in [3.05, 3.63) is 0 Å². The highest BCUT2D eigenvalue weighted by atomic mass is 16.5. The van der Waals surface area contributed by atoms with Crippen LogP contribution in [-0.2, 0) is 4.74 Å². The summed E-state index contributed by atoms with van der Waals surface area (Å²) in [5, 5.41) is 10.0. The Morgan fingerprint density at radius 1 is 1.11 bits per heavy atom. The number of rotatable bonds is 3. The van der Waals surface area contributed by atoms with Crippen LogP contribution in [-0.4, -0.2) is 23.9 Å². The van der Waals surface area contributed by atoms with Crippen molar-refractivity contribution in [2.75, 3.05) is 6.61 Å². The molecule has 0 radical (unpaired) electrons. The van der Waals surface area contributed by atoms with E-state index in [4.69, 9.17) is 4.74 Å². The highest BCUT2D eigenvalue weighted by Crippen LogP contribution is 2.68. The fourth-order valence-electron chi connectivity index (χ4n) is 5.13. The van der Waals surface area contributed by atoms with Gasteiger partial charge < -0.3 is 9.84 Å². The summed E-state index contributed by atoms with van der Waals surface area (Å²) in [6, 6.07) is 0. The van der Waals surface area contributed by atoms with Crippen molar-refractivity contribution >= 4 is 0 Å². The average molecular weight is 266 g/mol. The summed E-state index contributed by atoms with van der Waals surface area (Å²) in [6.45, 7) is 8.27. The van der Waals surface area contributed by atoms with E-state index in [0.717, 1.165) is 31.8 Å². The molecule has 3 aliphatic rings. The lowest BCUT2D eigenvalue weighted by atomic mass is 9.67. The molecule has 2 nitrogen and oxygen atoms in total. The van der Waals surface area contributed by atoms with E-state index >= 15 is 0 Å². The third-order valence-electron chi connectivity index (χ3n) is 7.15. The second-order valence-electron chi connectivity index (χ2n) is 8.03. The molecule has 0 amide bonds. The number of aliphatic hydroxyl groups is 1. The Hall–Kier alpha value is -0.0800. The first-order valence-corrected chi connectivity index (χ1v) is 8.25. The van der Waals surface area contributed by atoms with Crippen molar-refractivity contribution in [1.29, 1.82) is 0 Å². The van der Waals surface area contributed by atoms with Crippen LogP contribution in [0.5, 0.6) is 0 Å². The van der Waals surface area contributed by atoms with Crippen molar-refractivity contribution in [1.82, 2.24) is 0 Å². The number of ether oxygens (including phenoxy) is 1. The molecule has 2 bridgehead atoms. The smallest absolute Gasteiger partial charge is 0.0834 e. The molecule has 3 fully saturated rings. The lowest BCUT2D eigenvalue weighted by molar-refractivity contribution is -0.0846. The number of fused-ring (bicyclic) bond motifs is 2. The topological polar surface area (TPSA) is 29.5 Å². The van der Waals surface area contributed by atoms with Crippen molar-refractivity contribution in [2.45, 2.75) is 77.9 Å². The Bertz CT molecular complexity index is 338. The van der Waals surface area contributed by atoms with Gasteiger partial charge in [-0.25, -0.2) is 0 Å². The van der Waals surface area contributed by atoms with Gasteiger partial charge in [-0.1, -0.05) is 33.6 Å². The van der Waals surface area contributed by atoms with Gasteiger partial charge >= 0.3 is 0 Å². The van der Waals surface area contributed by atoms with E-state index < -0.39 is 0 Å². The van der Waals surface area contributed by atoms with Crippen LogP contribution in [0.2, 0.25) is 0 Å². The molecular weight excluding hydrogens is 236 g/mol. The molecule has 0 aromatic carbocycles. The SMILES string of the molecule is CC1(C)[C@@H]2CC[C@@]1(C)[C@H](COC1CCCCC1O)C2. The highest BCUT2D eigenvalue weighted by Gasteiger charge is 2.61.